The second-order valence-corrected chi connectivity index (χ2v) is 4.26. The molecule has 0 spiro atoms. The molecule has 0 heterocycles. The summed E-state index contributed by atoms with van der Waals surface area (Å²) in [5, 5.41) is 8.87. The zero-order chi connectivity index (χ0) is 13.7. The summed E-state index contributed by atoms with van der Waals surface area (Å²) < 4.78 is 27.3. The number of aliphatic carboxylic acids is 1. The van der Waals surface area contributed by atoms with Crippen molar-refractivity contribution in [3.63, 3.8) is 0 Å². The first-order valence-electron chi connectivity index (χ1n) is 5.89. The molecule has 1 N–H and O–H groups in total. The minimum Gasteiger partial charge on any atom is -0.481 e. The van der Waals surface area contributed by atoms with Crippen molar-refractivity contribution in [2.24, 2.45) is 5.92 Å². The highest BCUT2D eigenvalue weighted by molar-refractivity contribution is 5.70. The highest BCUT2D eigenvalue weighted by Gasteiger charge is 2.21. The SMILES string of the molecule is CCCN(CC(C)C(=O)O)c1c(F)cccc1F. The molecular formula is C13H17F2NO2. The van der Waals surface area contributed by atoms with Crippen LogP contribution in [0.4, 0.5) is 14.5 Å². The predicted molar refractivity (Wildman–Crippen MR) is 65.7 cm³/mol. The molecule has 0 fully saturated rings. The minimum absolute atomic E-state index is 0.0844. The van der Waals surface area contributed by atoms with Crippen molar-refractivity contribution in [3.8, 4) is 0 Å². The number of nitrogens with zero attached hydrogens (tertiary/aromatic N) is 1. The van der Waals surface area contributed by atoms with Crippen LogP contribution in [0, 0.1) is 17.6 Å². The molecule has 0 saturated carbocycles. The lowest BCUT2D eigenvalue weighted by molar-refractivity contribution is -0.140. The van der Waals surface area contributed by atoms with Crippen LogP contribution >= 0.6 is 0 Å². The Hall–Kier alpha value is -1.65. The third-order valence-corrected chi connectivity index (χ3v) is 2.66. The Kier molecular flexibility index (Phi) is 5.07. The molecule has 1 rings (SSSR count). The van der Waals surface area contributed by atoms with Crippen LogP contribution in [0.15, 0.2) is 18.2 Å². The second-order valence-electron chi connectivity index (χ2n) is 4.26. The second kappa shape index (κ2) is 6.33. The number of hydrogen-bond acceptors (Lipinski definition) is 2. The van der Waals surface area contributed by atoms with Crippen LogP contribution in [-0.4, -0.2) is 24.2 Å². The van der Waals surface area contributed by atoms with Gasteiger partial charge in [0.05, 0.1) is 5.92 Å². The van der Waals surface area contributed by atoms with E-state index in [0.717, 1.165) is 0 Å². The zero-order valence-electron chi connectivity index (χ0n) is 10.5. The first-order chi connectivity index (χ1) is 8.47. The van der Waals surface area contributed by atoms with E-state index in [2.05, 4.69) is 0 Å². The summed E-state index contributed by atoms with van der Waals surface area (Å²) in [6.45, 7) is 3.89. The number of carboxylic acids is 1. The summed E-state index contributed by atoms with van der Waals surface area (Å²) >= 11 is 0. The maximum Gasteiger partial charge on any atom is 0.308 e. The summed E-state index contributed by atoms with van der Waals surface area (Å²) in [4.78, 5) is 12.3. The van der Waals surface area contributed by atoms with E-state index in [1.54, 1.807) is 0 Å². The molecule has 18 heavy (non-hydrogen) atoms. The monoisotopic (exact) mass is 257 g/mol. The molecule has 0 aliphatic heterocycles. The summed E-state index contributed by atoms with van der Waals surface area (Å²) in [7, 11) is 0. The lowest BCUT2D eigenvalue weighted by Gasteiger charge is -2.26. The Balaban J connectivity index is 3.00. The van der Waals surface area contributed by atoms with Crippen molar-refractivity contribution in [2.75, 3.05) is 18.0 Å². The first kappa shape index (κ1) is 14.4. The van der Waals surface area contributed by atoms with Gasteiger partial charge in [-0.3, -0.25) is 4.79 Å². The van der Waals surface area contributed by atoms with Crippen LogP contribution in [-0.2, 0) is 4.79 Å². The predicted octanol–water partition coefficient (Wildman–Crippen LogP) is 2.90. The molecule has 0 amide bonds. The highest BCUT2D eigenvalue weighted by atomic mass is 19.1. The zero-order valence-corrected chi connectivity index (χ0v) is 10.5. The van der Waals surface area contributed by atoms with E-state index < -0.39 is 23.5 Å². The van der Waals surface area contributed by atoms with Crippen molar-refractivity contribution in [3.05, 3.63) is 29.8 Å². The van der Waals surface area contributed by atoms with Crippen LogP contribution in [0.5, 0.6) is 0 Å². The topological polar surface area (TPSA) is 40.5 Å². The van der Waals surface area contributed by atoms with Crippen molar-refractivity contribution in [2.45, 2.75) is 20.3 Å². The normalized spacial score (nSPS) is 12.2. The fourth-order valence-corrected chi connectivity index (χ4v) is 1.76. The van der Waals surface area contributed by atoms with Gasteiger partial charge in [-0.05, 0) is 18.6 Å². The van der Waals surface area contributed by atoms with Gasteiger partial charge >= 0.3 is 5.97 Å². The Bertz CT molecular complexity index is 403. The Morgan fingerprint density at radius 3 is 2.39 bits per heavy atom. The quantitative estimate of drug-likeness (QED) is 0.851. The van der Waals surface area contributed by atoms with Gasteiger partial charge in [0, 0.05) is 13.1 Å². The lowest BCUT2D eigenvalue weighted by Crippen LogP contribution is -2.33. The molecule has 0 aliphatic rings. The molecule has 5 heteroatoms. The van der Waals surface area contributed by atoms with E-state index in [4.69, 9.17) is 5.11 Å². The number of para-hydroxylation sites is 1. The van der Waals surface area contributed by atoms with Crippen LogP contribution in [0.1, 0.15) is 20.3 Å². The molecule has 1 aromatic rings. The number of hydrogen-bond donors (Lipinski definition) is 1. The van der Waals surface area contributed by atoms with Crippen molar-refractivity contribution >= 4 is 11.7 Å². The number of anilines is 1. The largest absolute Gasteiger partial charge is 0.481 e. The number of rotatable bonds is 6. The lowest BCUT2D eigenvalue weighted by atomic mass is 10.1. The molecule has 0 saturated heterocycles. The number of carbonyl (C=O) groups is 1. The Morgan fingerprint density at radius 1 is 1.39 bits per heavy atom. The fourth-order valence-electron chi connectivity index (χ4n) is 1.76. The maximum absolute atomic E-state index is 13.6. The van der Waals surface area contributed by atoms with Crippen LogP contribution in [0.25, 0.3) is 0 Å². The van der Waals surface area contributed by atoms with Gasteiger partial charge in [0.1, 0.15) is 17.3 Å². The maximum atomic E-state index is 13.6. The van der Waals surface area contributed by atoms with Crippen molar-refractivity contribution in [1.82, 2.24) is 0 Å². The van der Waals surface area contributed by atoms with Gasteiger partial charge < -0.3 is 10.0 Å². The Morgan fingerprint density at radius 2 is 1.94 bits per heavy atom. The van der Waals surface area contributed by atoms with Crippen LogP contribution in [0.2, 0.25) is 0 Å². The fraction of sp³-hybridized carbons (Fsp3) is 0.462. The Labute approximate surface area is 105 Å². The summed E-state index contributed by atoms with van der Waals surface area (Å²) in [6.07, 6.45) is 0.681. The van der Waals surface area contributed by atoms with Crippen molar-refractivity contribution in [1.29, 1.82) is 0 Å². The third kappa shape index (κ3) is 3.42. The molecular weight excluding hydrogens is 240 g/mol. The smallest absolute Gasteiger partial charge is 0.308 e. The molecule has 100 valence electrons. The summed E-state index contributed by atoms with van der Waals surface area (Å²) in [5.74, 6) is -2.99. The van der Waals surface area contributed by atoms with E-state index in [9.17, 15) is 13.6 Å². The number of carboxylic acid groups (broad SMARTS) is 1. The number of halogens is 2. The molecule has 0 bridgehead atoms. The first-order valence-corrected chi connectivity index (χ1v) is 5.89. The molecule has 1 atom stereocenters. The average molecular weight is 257 g/mol. The molecule has 0 aliphatic carbocycles. The van der Waals surface area contributed by atoms with Gasteiger partial charge in [-0.2, -0.15) is 0 Å². The molecule has 0 radical (unpaired) electrons. The van der Waals surface area contributed by atoms with Gasteiger partial charge in [0.25, 0.3) is 0 Å². The summed E-state index contributed by atoms with van der Waals surface area (Å²) in [5.41, 5.74) is -0.146. The van der Waals surface area contributed by atoms with Gasteiger partial charge in [-0.25, -0.2) is 8.78 Å². The van der Waals surface area contributed by atoms with Gasteiger partial charge in [0.2, 0.25) is 0 Å². The van der Waals surface area contributed by atoms with E-state index in [1.807, 2.05) is 6.92 Å². The standard InChI is InChI=1S/C13H17F2NO2/c1-3-7-16(8-9(2)13(17)18)12-10(14)5-4-6-11(12)15/h4-6,9H,3,7-8H2,1-2H3,(H,17,18). The number of benzene rings is 1. The van der Waals surface area contributed by atoms with E-state index in [-0.39, 0.29) is 12.2 Å². The molecule has 3 nitrogen and oxygen atoms in total. The summed E-state index contributed by atoms with van der Waals surface area (Å²) in [6, 6.07) is 3.64. The van der Waals surface area contributed by atoms with Gasteiger partial charge in [-0.15, -0.1) is 0 Å². The average Bonchev–Trinajstić information content (AvgIpc) is 2.28. The van der Waals surface area contributed by atoms with Gasteiger partial charge in [0.15, 0.2) is 0 Å². The van der Waals surface area contributed by atoms with Gasteiger partial charge in [-0.1, -0.05) is 19.9 Å². The molecule has 1 unspecified atom stereocenters. The van der Waals surface area contributed by atoms with E-state index in [0.29, 0.717) is 13.0 Å². The minimum atomic E-state index is -0.979. The highest BCUT2D eigenvalue weighted by Crippen LogP contribution is 2.24. The third-order valence-electron chi connectivity index (χ3n) is 2.66. The van der Waals surface area contributed by atoms with E-state index in [1.165, 1.54) is 30.0 Å². The molecule has 1 aromatic carbocycles. The van der Waals surface area contributed by atoms with Crippen molar-refractivity contribution < 1.29 is 18.7 Å². The molecule has 0 aromatic heterocycles. The van der Waals surface area contributed by atoms with Crippen LogP contribution in [0.3, 0.4) is 0 Å². The van der Waals surface area contributed by atoms with Crippen LogP contribution < -0.4 is 4.90 Å². The van der Waals surface area contributed by atoms with E-state index >= 15 is 0 Å².